The molecule has 0 radical (unpaired) electrons. The van der Waals surface area contributed by atoms with Gasteiger partial charge in [0.05, 0.1) is 16.9 Å². The Balaban J connectivity index is 2.12. The Hall–Kier alpha value is -0.540. The lowest BCUT2D eigenvalue weighted by Crippen LogP contribution is -2.31. The molecular weight excluding hydrogens is 270 g/mol. The molecule has 1 aromatic rings. The minimum atomic E-state index is 0.578. The lowest BCUT2D eigenvalue weighted by molar-refractivity contribution is 0.283. The van der Waals surface area contributed by atoms with Gasteiger partial charge in [-0.2, -0.15) is 5.10 Å². The van der Waals surface area contributed by atoms with Crippen molar-refractivity contribution in [1.29, 1.82) is 0 Å². The molecule has 0 saturated heterocycles. The maximum absolute atomic E-state index is 6.44. The highest BCUT2D eigenvalue weighted by Gasteiger charge is 2.30. The Morgan fingerprint density at radius 1 is 1.30 bits per heavy atom. The number of nitrogens with one attached hydrogen (secondary N) is 1. The molecule has 1 aliphatic carbocycles. The molecule has 1 fully saturated rings. The first-order chi connectivity index (χ1) is 9.77. The second kappa shape index (κ2) is 8.04. The molecule has 1 heterocycles. The van der Waals surface area contributed by atoms with Gasteiger partial charge in [0.15, 0.2) is 0 Å². The van der Waals surface area contributed by atoms with E-state index in [4.69, 9.17) is 11.6 Å². The molecule has 1 N–H and O–H groups in total. The van der Waals surface area contributed by atoms with Gasteiger partial charge in [0, 0.05) is 12.5 Å². The molecular formula is C16H28ClN3. The zero-order valence-corrected chi connectivity index (χ0v) is 13.6. The maximum atomic E-state index is 6.44. The molecule has 0 amide bonds. The van der Waals surface area contributed by atoms with Gasteiger partial charge in [0.1, 0.15) is 0 Å². The van der Waals surface area contributed by atoms with Crippen LogP contribution in [0.3, 0.4) is 0 Å². The maximum Gasteiger partial charge on any atom is 0.0820 e. The third-order valence-corrected chi connectivity index (χ3v) is 4.65. The van der Waals surface area contributed by atoms with Gasteiger partial charge in [0.25, 0.3) is 0 Å². The summed E-state index contributed by atoms with van der Waals surface area (Å²) in [5.74, 6) is 1.29. The summed E-state index contributed by atoms with van der Waals surface area (Å²) in [5.41, 5.74) is 1.29. The summed E-state index contributed by atoms with van der Waals surface area (Å²) in [6.07, 6.45) is 9.39. The van der Waals surface area contributed by atoms with Crippen molar-refractivity contribution in [2.24, 2.45) is 5.92 Å². The minimum absolute atomic E-state index is 0.578. The van der Waals surface area contributed by atoms with Crippen molar-refractivity contribution in [2.75, 3.05) is 13.1 Å². The first-order valence-electron chi connectivity index (χ1n) is 8.19. The molecule has 20 heavy (non-hydrogen) atoms. The molecule has 1 aliphatic rings. The highest BCUT2D eigenvalue weighted by atomic mass is 35.5. The van der Waals surface area contributed by atoms with E-state index in [2.05, 4.69) is 28.9 Å². The molecule has 1 saturated carbocycles. The average Bonchev–Trinajstić information content (AvgIpc) is 2.81. The molecule has 3 nitrogen and oxygen atoms in total. The third kappa shape index (κ3) is 3.76. The lowest BCUT2D eigenvalue weighted by atomic mass is 9.77. The number of halogens is 1. The molecule has 4 heteroatoms. The molecule has 114 valence electrons. The third-order valence-electron chi connectivity index (χ3n) is 4.36. The molecule has 0 spiro atoms. The Labute approximate surface area is 128 Å². The average molecular weight is 298 g/mol. The smallest absolute Gasteiger partial charge is 0.0820 e. The van der Waals surface area contributed by atoms with Crippen molar-refractivity contribution in [2.45, 2.75) is 64.8 Å². The second-order valence-electron chi connectivity index (χ2n) is 5.96. The molecule has 2 unspecified atom stereocenters. The molecule has 1 aromatic heterocycles. The van der Waals surface area contributed by atoms with Crippen LogP contribution < -0.4 is 5.32 Å². The van der Waals surface area contributed by atoms with Gasteiger partial charge in [-0.15, -0.1) is 0 Å². The van der Waals surface area contributed by atoms with Crippen LogP contribution in [0.5, 0.6) is 0 Å². The summed E-state index contributed by atoms with van der Waals surface area (Å²) >= 11 is 6.44. The summed E-state index contributed by atoms with van der Waals surface area (Å²) in [6, 6.07) is 0. The zero-order chi connectivity index (χ0) is 14.4. The summed E-state index contributed by atoms with van der Waals surface area (Å²) in [4.78, 5) is 0. The van der Waals surface area contributed by atoms with E-state index in [9.17, 15) is 0 Å². The van der Waals surface area contributed by atoms with Crippen LogP contribution in [0.15, 0.2) is 6.20 Å². The van der Waals surface area contributed by atoms with E-state index in [1.165, 1.54) is 37.8 Å². The van der Waals surface area contributed by atoms with E-state index >= 15 is 0 Å². The van der Waals surface area contributed by atoms with Crippen LogP contribution in [0.4, 0.5) is 0 Å². The van der Waals surface area contributed by atoms with Crippen LogP contribution in [-0.2, 0) is 6.54 Å². The number of nitrogens with zero attached hydrogens (tertiary/aromatic N) is 2. The predicted molar refractivity (Wildman–Crippen MR) is 85.4 cm³/mol. The van der Waals surface area contributed by atoms with Crippen molar-refractivity contribution in [3.05, 3.63) is 16.9 Å². The Bertz CT molecular complexity index is 402. The Kier molecular flexibility index (Phi) is 6.37. The topological polar surface area (TPSA) is 29.9 Å². The van der Waals surface area contributed by atoms with Gasteiger partial charge in [-0.05, 0) is 44.7 Å². The summed E-state index contributed by atoms with van der Waals surface area (Å²) < 4.78 is 2.14. The number of hydrogen-bond acceptors (Lipinski definition) is 2. The standard InChI is InChI=1S/C16H28ClN3/c1-3-9-18-11-13-7-5-6-8-14(13)16-15(17)12-19-20(16)10-4-2/h12-14,18H,3-11H2,1-2H3. The van der Waals surface area contributed by atoms with E-state index in [0.29, 0.717) is 11.8 Å². The highest BCUT2D eigenvalue weighted by molar-refractivity contribution is 6.31. The number of aryl methyl sites for hydroxylation is 1. The van der Waals surface area contributed by atoms with Gasteiger partial charge < -0.3 is 5.32 Å². The van der Waals surface area contributed by atoms with Gasteiger partial charge in [-0.3, -0.25) is 4.68 Å². The van der Waals surface area contributed by atoms with Crippen molar-refractivity contribution >= 4 is 11.6 Å². The second-order valence-corrected chi connectivity index (χ2v) is 6.36. The van der Waals surface area contributed by atoms with E-state index in [1.54, 1.807) is 0 Å². The summed E-state index contributed by atoms with van der Waals surface area (Å²) in [5, 5.41) is 8.94. The number of hydrogen-bond donors (Lipinski definition) is 1. The predicted octanol–water partition coefficient (Wildman–Crippen LogP) is 4.22. The van der Waals surface area contributed by atoms with Crippen LogP contribution in [0.1, 0.15) is 64.0 Å². The van der Waals surface area contributed by atoms with Crippen molar-refractivity contribution in [3.8, 4) is 0 Å². The van der Waals surface area contributed by atoms with E-state index < -0.39 is 0 Å². The zero-order valence-electron chi connectivity index (χ0n) is 12.9. The first kappa shape index (κ1) is 15.8. The molecule has 0 bridgehead atoms. The lowest BCUT2D eigenvalue weighted by Gasteiger charge is -2.32. The molecule has 2 atom stereocenters. The highest BCUT2D eigenvalue weighted by Crippen LogP contribution is 2.40. The fourth-order valence-electron chi connectivity index (χ4n) is 3.41. The van der Waals surface area contributed by atoms with E-state index in [-0.39, 0.29) is 0 Å². The SMILES string of the molecule is CCCNCC1CCCCC1c1c(Cl)cnn1CCC. The first-order valence-corrected chi connectivity index (χ1v) is 8.57. The van der Waals surface area contributed by atoms with E-state index in [0.717, 1.165) is 31.1 Å². The summed E-state index contributed by atoms with van der Waals surface area (Å²) in [6.45, 7) is 7.63. The number of rotatable bonds is 7. The van der Waals surface area contributed by atoms with Crippen molar-refractivity contribution < 1.29 is 0 Å². The normalized spacial score (nSPS) is 23.1. The van der Waals surface area contributed by atoms with Gasteiger partial charge in [-0.1, -0.05) is 38.3 Å². The number of aromatic nitrogens is 2. The van der Waals surface area contributed by atoms with Gasteiger partial charge in [-0.25, -0.2) is 0 Å². The Morgan fingerprint density at radius 2 is 2.10 bits per heavy atom. The fraction of sp³-hybridized carbons (Fsp3) is 0.812. The molecule has 2 rings (SSSR count). The van der Waals surface area contributed by atoms with Crippen LogP contribution in [-0.4, -0.2) is 22.9 Å². The van der Waals surface area contributed by atoms with Crippen LogP contribution in [0, 0.1) is 5.92 Å². The minimum Gasteiger partial charge on any atom is -0.316 e. The fourth-order valence-corrected chi connectivity index (χ4v) is 3.69. The van der Waals surface area contributed by atoms with E-state index in [1.807, 2.05) is 6.20 Å². The molecule has 0 aliphatic heterocycles. The monoisotopic (exact) mass is 297 g/mol. The van der Waals surface area contributed by atoms with Crippen LogP contribution in [0.2, 0.25) is 5.02 Å². The van der Waals surface area contributed by atoms with Gasteiger partial charge in [0.2, 0.25) is 0 Å². The quantitative estimate of drug-likeness (QED) is 0.764. The van der Waals surface area contributed by atoms with Crippen LogP contribution in [0.25, 0.3) is 0 Å². The van der Waals surface area contributed by atoms with Crippen LogP contribution >= 0.6 is 11.6 Å². The summed E-state index contributed by atoms with van der Waals surface area (Å²) in [7, 11) is 0. The Morgan fingerprint density at radius 3 is 2.85 bits per heavy atom. The largest absolute Gasteiger partial charge is 0.316 e. The van der Waals surface area contributed by atoms with Crippen molar-refractivity contribution in [3.63, 3.8) is 0 Å². The van der Waals surface area contributed by atoms with Crippen molar-refractivity contribution in [1.82, 2.24) is 15.1 Å². The van der Waals surface area contributed by atoms with Gasteiger partial charge >= 0.3 is 0 Å². The molecule has 0 aromatic carbocycles.